The summed E-state index contributed by atoms with van der Waals surface area (Å²) in [7, 11) is 1.01. The van der Waals surface area contributed by atoms with Crippen molar-refractivity contribution in [1.29, 1.82) is 0 Å². The van der Waals surface area contributed by atoms with Gasteiger partial charge in [-0.05, 0) is 19.9 Å². The fraction of sp³-hybridized carbons (Fsp3) is 1.00. The fourth-order valence-electron chi connectivity index (χ4n) is 0.752. The zero-order valence-corrected chi connectivity index (χ0v) is 5.83. The van der Waals surface area contributed by atoms with E-state index in [0.717, 1.165) is 12.8 Å². The molecule has 1 fully saturated rings. The Labute approximate surface area is 52.3 Å². The zero-order chi connectivity index (χ0) is 5.98. The molecule has 0 aromatic carbocycles. The highest BCUT2D eigenvalue weighted by atomic mass is 32.2. The summed E-state index contributed by atoms with van der Waals surface area (Å²) in [6.45, 7) is 0. The van der Waals surface area contributed by atoms with E-state index in [-0.39, 0.29) is 0 Å². The van der Waals surface area contributed by atoms with Crippen LogP contribution in [0.2, 0.25) is 0 Å². The summed E-state index contributed by atoms with van der Waals surface area (Å²) in [4.78, 5) is 0. The number of hydrogen-bond donors (Lipinski definition) is 1. The summed E-state index contributed by atoms with van der Waals surface area (Å²) in [5.74, 6) is 0. The highest BCUT2D eigenvalue weighted by Crippen LogP contribution is 2.22. The third-order valence-electron chi connectivity index (χ3n) is 1.56. The van der Waals surface area contributed by atoms with Crippen LogP contribution in [-0.4, -0.2) is 16.5 Å². The van der Waals surface area contributed by atoms with Crippen LogP contribution >= 0.6 is 0 Å². The fourth-order valence-corrected chi connectivity index (χ4v) is 1.85. The van der Waals surface area contributed by atoms with E-state index >= 15 is 0 Å². The first-order valence-corrected chi connectivity index (χ1v) is 4.14. The van der Waals surface area contributed by atoms with E-state index in [1.807, 2.05) is 0 Å². The Kier molecular flexibility index (Phi) is 2.02. The summed E-state index contributed by atoms with van der Waals surface area (Å²) in [6.07, 6.45) is 3.55. The standard InChI is InChI=1S/C5H11NOS/c1-6-8(7)5-3-2-4-5/h5-6H,2-4H2,1H3. The van der Waals surface area contributed by atoms with E-state index in [4.69, 9.17) is 0 Å². The lowest BCUT2D eigenvalue weighted by molar-refractivity contribution is 0.502. The molecule has 8 heavy (non-hydrogen) atoms. The molecule has 1 aliphatic rings. The van der Waals surface area contributed by atoms with Gasteiger partial charge in [-0.15, -0.1) is 0 Å². The SMILES string of the molecule is CNS(=O)C1CCC1. The van der Waals surface area contributed by atoms with Gasteiger partial charge in [0.25, 0.3) is 0 Å². The first-order chi connectivity index (χ1) is 3.84. The molecule has 0 heterocycles. The second-order valence-corrected chi connectivity index (χ2v) is 3.72. The Morgan fingerprint density at radius 1 is 1.62 bits per heavy atom. The Morgan fingerprint density at radius 3 is 2.38 bits per heavy atom. The van der Waals surface area contributed by atoms with Gasteiger partial charge in [0.15, 0.2) is 0 Å². The molecule has 2 nitrogen and oxygen atoms in total. The smallest absolute Gasteiger partial charge is 0.0944 e. The zero-order valence-electron chi connectivity index (χ0n) is 5.02. The van der Waals surface area contributed by atoms with Crippen molar-refractivity contribution in [3.8, 4) is 0 Å². The van der Waals surface area contributed by atoms with Crippen molar-refractivity contribution < 1.29 is 4.21 Å². The van der Waals surface area contributed by atoms with Crippen molar-refractivity contribution >= 4 is 11.0 Å². The molecule has 0 aromatic rings. The topological polar surface area (TPSA) is 29.1 Å². The van der Waals surface area contributed by atoms with Gasteiger partial charge in [-0.3, -0.25) is 0 Å². The predicted octanol–water partition coefficient (Wildman–Crippen LogP) is 0.422. The van der Waals surface area contributed by atoms with E-state index in [1.165, 1.54) is 6.42 Å². The van der Waals surface area contributed by atoms with Crippen molar-refractivity contribution in [2.24, 2.45) is 0 Å². The van der Waals surface area contributed by atoms with Crippen LogP contribution in [0.3, 0.4) is 0 Å². The maximum atomic E-state index is 10.8. The number of nitrogens with one attached hydrogen (secondary N) is 1. The summed E-state index contributed by atoms with van der Waals surface area (Å²) in [5.41, 5.74) is 0. The summed E-state index contributed by atoms with van der Waals surface area (Å²) in [5, 5.41) is 0.458. The molecule has 1 aliphatic carbocycles. The Morgan fingerprint density at radius 2 is 2.25 bits per heavy atom. The third-order valence-corrected chi connectivity index (χ3v) is 3.04. The molecule has 0 bridgehead atoms. The van der Waals surface area contributed by atoms with Crippen molar-refractivity contribution in [3.63, 3.8) is 0 Å². The van der Waals surface area contributed by atoms with E-state index < -0.39 is 11.0 Å². The highest BCUT2D eigenvalue weighted by molar-refractivity contribution is 7.83. The monoisotopic (exact) mass is 133 g/mol. The minimum atomic E-state index is -0.735. The van der Waals surface area contributed by atoms with E-state index in [0.29, 0.717) is 5.25 Å². The lowest BCUT2D eigenvalue weighted by atomic mass is 10.0. The Balaban J connectivity index is 2.24. The van der Waals surface area contributed by atoms with Crippen LogP contribution < -0.4 is 4.72 Å². The highest BCUT2D eigenvalue weighted by Gasteiger charge is 2.22. The van der Waals surface area contributed by atoms with Gasteiger partial charge in [0.05, 0.1) is 11.0 Å². The van der Waals surface area contributed by atoms with Gasteiger partial charge in [-0.1, -0.05) is 6.42 Å². The minimum Gasteiger partial charge on any atom is -0.243 e. The van der Waals surface area contributed by atoms with Crippen LogP contribution in [0.1, 0.15) is 19.3 Å². The summed E-state index contributed by atoms with van der Waals surface area (Å²) < 4.78 is 13.5. The van der Waals surface area contributed by atoms with Gasteiger partial charge in [0.1, 0.15) is 0 Å². The maximum absolute atomic E-state index is 10.8. The molecule has 1 saturated carbocycles. The molecule has 1 atom stereocenters. The predicted molar refractivity (Wildman–Crippen MR) is 34.8 cm³/mol. The lowest BCUT2D eigenvalue weighted by Crippen LogP contribution is -2.30. The molecule has 48 valence electrons. The lowest BCUT2D eigenvalue weighted by Gasteiger charge is -2.23. The van der Waals surface area contributed by atoms with Crippen molar-refractivity contribution in [2.45, 2.75) is 24.5 Å². The molecule has 0 radical (unpaired) electrons. The first kappa shape index (κ1) is 6.23. The van der Waals surface area contributed by atoms with E-state index in [2.05, 4.69) is 4.72 Å². The normalized spacial score (nSPS) is 24.6. The average molecular weight is 133 g/mol. The molecule has 0 spiro atoms. The first-order valence-electron chi connectivity index (χ1n) is 2.92. The van der Waals surface area contributed by atoms with Crippen LogP contribution in [0, 0.1) is 0 Å². The molecule has 0 aliphatic heterocycles. The van der Waals surface area contributed by atoms with Crippen molar-refractivity contribution in [2.75, 3.05) is 7.05 Å². The van der Waals surface area contributed by atoms with Crippen LogP contribution in [0.25, 0.3) is 0 Å². The van der Waals surface area contributed by atoms with Crippen LogP contribution in [-0.2, 0) is 11.0 Å². The minimum absolute atomic E-state index is 0.458. The molecule has 1 N–H and O–H groups in total. The van der Waals surface area contributed by atoms with Gasteiger partial charge in [0.2, 0.25) is 0 Å². The molecular weight excluding hydrogens is 122 g/mol. The molecule has 3 heteroatoms. The number of hydrogen-bond acceptors (Lipinski definition) is 1. The molecule has 1 rings (SSSR count). The third kappa shape index (κ3) is 1.09. The number of rotatable bonds is 2. The van der Waals surface area contributed by atoms with Crippen molar-refractivity contribution in [1.82, 2.24) is 4.72 Å². The van der Waals surface area contributed by atoms with Gasteiger partial charge >= 0.3 is 0 Å². The largest absolute Gasteiger partial charge is 0.243 e. The van der Waals surface area contributed by atoms with Gasteiger partial charge in [-0.25, -0.2) is 8.93 Å². The Hall–Kier alpha value is 0.110. The van der Waals surface area contributed by atoms with Crippen LogP contribution in [0.4, 0.5) is 0 Å². The van der Waals surface area contributed by atoms with Gasteiger partial charge in [-0.2, -0.15) is 0 Å². The van der Waals surface area contributed by atoms with E-state index in [1.54, 1.807) is 7.05 Å². The molecule has 0 amide bonds. The molecular formula is C5H11NOS. The molecule has 1 unspecified atom stereocenters. The molecule has 0 saturated heterocycles. The molecule has 0 aromatic heterocycles. The summed E-state index contributed by atoms with van der Waals surface area (Å²) in [6, 6.07) is 0. The quantitative estimate of drug-likeness (QED) is 0.581. The van der Waals surface area contributed by atoms with Crippen LogP contribution in [0.5, 0.6) is 0 Å². The average Bonchev–Trinajstić information content (AvgIpc) is 1.62. The maximum Gasteiger partial charge on any atom is 0.0944 e. The second-order valence-electron chi connectivity index (χ2n) is 2.05. The van der Waals surface area contributed by atoms with Gasteiger partial charge < -0.3 is 0 Å². The van der Waals surface area contributed by atoms with E-state index in [9.17, 15) is 4.21 Å². The van der Waals surface area contributed by atoms with Gasteiger partial charge in [0, 0.05) is 5.25 Å². The van der Waals surface area contributed by atoms with Crippen LogP contribution in [0.15, 0.2) is 0 Å². The summed E-state index contributed by atoms with van der Waals surface area (Å²) >= 11 is 0. The van der Waals surface area contributed by atoms with Crippen molar-refractivity contribution in [3.05, 3.63) is 0 Å². The second kappa shape index (κ2) is 2.60. The Bertz CT molecular complexity index is 101.